The van der Waals surface area contributed by atoms with E-state index in [1.807, 2.05) is 0 Å². The molecule has 0 spiro atoms. The van der Waals surface area contributed by atoms with Gasteiger partial charge in [0.1, 0.15) is 0 Å². The van der Waals surface area contributed by atoms with E-state index in [9.17, 15) is 0 Å². The monoisotopic (exact) mass is 286 g/mol. The molecule has 1 N–H and O–H groups in total. The van der Waals surface area contributed by atoms with Gasteiger partial charge in [0.2, 0.25) is 0 Å². The molecule has 0 heterocycles. The second-order valence-electron chi connectivity index (χ2n) is 0.250. The van der Waals surface area contributed by atoms with Crippen molar-refractivity contribution < 1.29 is 20.5 Å². The van der Waals surface area contributed by atoms with Crippen molar-refractivity contribution in [2.24, 2.45) is 0 Å². The minimum Gasteiger partial charge on any atom is -0.870 e. The van der Waals surface area contributed by atoms with Crippen LogP contribution in [0.3, 0.4) is 0 Å². The van der Waals surface area contributed by atoms with Gasteiger partial charge in [0, 0.05) is 0 Å². The molecule has 0 saturated heterocycles. The van der Waals surface area contributed by atoms with E-state index in [2.05, 4.69) is 0 Å². The van der Waals surface area contributed by atoms with Crippen LogP contribution in [-0.2, 0) is 0 Å². The number of carbonyl (C=O) groups is 1. The van der Waals surface area contributed by atoms with Crippen molar-refractivity contribution in [3.05, 3.63) is 0 Å². The summed E-state index contributed by atoms with van der Waals surface area (Å²) in [5.41, 5.74) is 0. The second-order valence-corrected chi connectivity index (χ2v) is 0.250. The molecular formula is CHBiO4. The van der Waals surface area contributed by atoms with Gasteiger partial charge >= 0.3 is 26.2 Å². The zero-order chi connectivity index (χ0) is 3.58. The predicted octanol–water partition coefficient (Wildman–Crippen LogP) is -3.00. The maximum Gasteiger partial charge on any atom is 3.00 e. The van der Waals surface area contributed by atoms with E-state index >= 15 is 0 Å². The summed E-state index contributed by atoms with van der Waals surface area (Å²) in [6, 6.07) is 0. The summed E-state index contributed by atoms with van der Waals surface area (Å²) in [7, 11) is 0. The van der Waals surface area contributed by atoms with E-state index in [0.29, 0.717) is 0 Å². The van der Waals surface area contributed by atoms with Gasteiger partial charge in [-0.15, -0.1) is 0 Å². The second kappa shape index (κ2) is 8.93. The molecule has 0 aliphatic rings. The molecule has 0 fully saturated rings. The van der Waals surface area contributed by atoms with Gasteiger partial charge in [0.15, 0.2) is 0 Å². The van der Waals surface area contributed by atoms with Gasteiger partial charge in [-0.25, -0.2) is 0 Å². The number of carbonyl (C=O) groups excluding carboxylic acids is 1. The maximum atomic E-state index is 8.33. The van der Waals surface area contributed by atoms with Crippen molar-refractivity contribution in [1.82, 2.24) is 0 Å². The van der Waals surface area contributed by atoms with Crippen molar-refractivity contribution in [2.45, 2.75) is 0 Å². The quantitative estimate of drug-likeness (QED) is 0.443. The molecule has 0 aromatic heterocycles. The van der Waals surface area contributed by atoms with Crippen LogP contribution in [0.5, 0.6) is 0 Å². The Morgan fingerprint density at radius 2 is 1.33 bits per heavy atom. The fraction of sp³-hybridized carbons (Fsp3) is 0. The summed E-state index contributed by atoms with van der Waals surface area (Å²) in [5, 5.41) is 16.7. The molecule has 0 aliphatic carbocycles. The number of carboxylic acid groups (broad SMARTS) is 2. The molecule has 0 rings (SSSR count). The summed E-state index contributed by atoms with van der Waals surface area (Å²) < 4.78 is 0. The zero-order valence-corrected chi connectivity index (χ0v) is 6.10. The Morgan fingerprint density at radius 1 is 1.33 bits per heavy atom. The third-order valence-corrected chi connectivity index (χ3v) is 0. The van der Waals surface area contributed by atoms with E-state index in [4.69, 9.17) is 15.0 Å². The van der Waals surface area contributed by atoms with Crippen molar-refractivity contribution in [3.63, 3.8) is 0 Å². The molecule has 4 nitrogen and oxygen atoms in total. The summed E-state index contributed by atoms with van der Waals surface area (Å²) in [4.78, 5) is 8.33. The van der Waals surface area contributed by atoms with E-state index in [0.717, 1.165) is 0 Å². The van der Waals surface area contributed by atoms with Crippen LogP contribution in [0.15, 0.2) is 0 Å². The van der Waals surface area contributed by atoms with Crippen molar-refractivity contribution >= 4 is 32.4 Å². The Labute approximate surface area is 53.2 Å². The Balaban J connectivity index is -0.0000000450. The van der Waals surface area contributed by atoms with Crippen molar-refractivity contribution in [2.75, 3.05) is 0 Å². The molecule has 34 valence electrons. The third kappa shape index (κ3) is 3120. The molecule has 0 unspecified atom stereocenters. The van der Waals surface area contributed by atoms with Gasteiger partial charge in [-0.1, -0.05) is 0 Å². The topological polar surface area (TPSA) is 93.2 Å². The molecule has 0 aromatic rings. The molecule has 5 heteroatoms. The molecule has 0 amide bonds. The first-order chi connectivity index (χ1) is 1.73. The summed E-state index contributed by atoms with van der Waals surface area (Å²) >= 11 is 0. The minimum absolute atomic E-state index is 0. The first-order valence-electron chi connectivity index (χ1n) is 0.612. The van der Waals surface area contributed by atoms with Gasteiger partial charge in [-0.2, -0.15) is 0 Å². The molecule has 0 atom stereocenters. The van der Waals surface area contributed by atoms with E-state index in [1.165, 1.54) is 0 Å². The van der Waals surface area contributed by atoms with Crippen LogP contribution in [0.1, 0.15) is 0 Å². The Bertz CT molecular complexity index is 30.5. The molecule has 0 aromatic carbocycles. The average Bonchev–Trinajstić information content (AvgIpc) is 0.811. The first kappa shape index (κ1) is 16.5. The van der Waals surface area contributed by atoms with Crippen LogP contribution in [0.2, 0.25) is 0 Å². The van der Waals surface area contributed by atoms with Gasteiger partial charge in [-0.05, 0) is 6.16 Å². The van der Waals surface area contributed by atoms with Gasteiger partial charge < -0.3 is 20.5 Å². The van der Waals surface area contributed by atoms with Crippen LogP contribution in [0, 0.1) is 0 Å². The summed E-state index contributed by atoms with van der Waals surface area (Å²) in [5.74, 6) is 0. The SMILES string of the molecule is O=C([O-])[O-].[Bi+3].[OH-]. The number of hydrogen-bond acceptors (Lipinski definition) is 4. The van der Waals surface area contributed by atoms with Crippen molar-refractivity contribution in [3.8, 4) is 0 Å². The Kier molecular flexibility index (Phi) is 24.5. The molecule has 6 heavy (non-hydrogen) atoms. The zero-order valence-electron chi connectivity index (χ0n) is 2.62. The van der Waals surface area contributed by atoms with E-state index in [-0.39, 0.29) is 31.7 Å². The number of hydrogen-bond donors (Lipinski definition) is 0. The Hall–Kier alpha value is 0.113. The van der Waals surface area contributed by atoms with Crippen LogP contribution >= 0.6 is 0 Å². The fourth-order valence-electron chi connectivity index (χ4n) is 0. The third-order valence-electron chi connectivity index (χ3n) is 0. The van der Waals surface area contributed by atoms with Gasteiger partial charge in [0.25, 0.3) is 0 Å². The minimum atomic E-state index is -2.33. The van der Waals surface area contributed by atoms with Crippen LogP contribution < -0.4 is 10.2 Å². The normalized spacial score (nSPS) is 4.00. The molecule has 0 saturated carbocycles. The summed E-state index contributed by atoms with van der Waals surface area (Å²) in [6.45, 7) is 0. The molecular weight excluding hydrogens is 285 g/mol. The largest absolute Gasteiger partial charge is 3.00 e. The van der Waals surface area contributed by atoms with Crippen LogP contribution in [0.25, 0.3) is 0 Å². The van der Waals surface area contributed by atoms with Crippen LogP contribution in [0.4, 0.5) is 4.79 Å². The van der Waals surface area contributed by atoms with Crippen LogP contribution in [-0.4, -0.2) is 37.8 Å². The van der Waals surface area contributed by atoms with Gasteiger partial charge in [-0.3, -0.25) is 0 Å². The summed E-state index contributed by atoms with van der Waals surface area (Å²) in [6.07, 6.45) is -2.33. The Morgan fingerprint density at radius 3 is 1.33 bits per heavy atom. The molecule has 0 bridgehead atoms. The van der Waals surface area contributed by atoms with E-state index in [1.54, 1.807) is 0 Å². The molecule has 2 radical (unpaired) electrons. The fourth-order valence-corrected chi connectivity index (χ4v) is 0. The standard InChI is InChI=1S/CH2O3.Bi.H2O/c2-1(3)4;;/h(H2,2,3,4);;1H2/q;+3;/p-3. The van der Waals surface area contributed by atoms with Crippen molar-refractivity contribution in [1.29, 1.82) is 0 Å². The van der Waals surface area contributed by atoms with E-state index < -0.39 is 6.16 Å². The maximum absolute atomic E-state index is 8.33. The number of rotatable bonds is 0. The molecule has 0 aliphatic heterocycles. The average molecular weight is 286 g/mol. The predicted molar refractivity (Wildman–Crippen MR) is 13.1 cm³/mol. The van der Waals surface area contributed by atoms with Gasteiger partial charge in [0.05, 0.1) is 0 Å². The smallest absolute Gasteiger partial charge is 0.870 e. The first-order valence-corrected chi connectivity index (χ1v) is 0.612.